The van der Waals surface area contributed by atoms with E-state index in [0.717, 1.165) is 48.5 Å². The van der Waals surface area contributed by atoms with Crippen LogP contribution in [0.15, 0.2) is 42.9 Å². The lowest BCUT2D eigenvalue weighted by molar-refractivity contribution is 0.226. The van der Waals surface area contributed by atoms with Crippen molar-refractivity contribution in [2.45, 2.75) is 32.1 Å². The van der Waals surface area contributed by atoms with Gasteiger partial charge in [0.2, 0.25) is 5.95 Å². The number of hydrogen-bond acceptors (Lipinski definition) is 5. The van der Waals surface area contributed by atoms with Gasteiger partial charge in [-0.2, -0.15) is 5.10 Å². The number of nitrogens with zero attached hydrogens (tertiary/aromatic N) is 5. The van der Waals surface area contributed by atoms with Crippen molar-refractivity contribution in [2.24, 2.45) is 5.92 Å². The summed E-state index contributed by atoms with van der Waals surface area (Å²) in [7, 11) is 2.20. The highest BCUT2D eigenvalue weighted by atomic mass is 15.2. The first-order valence-corrected chi connectivity index (χ1v) is 10.7. The molecule has 0 amide bonds. The molecule has 3 aromatic heterocycles. The zero-order chi connectivity index (χ0) is 19.6. The molecule has 6 heteroatoms. The molecule has 1 aliphatic carbocycles. The van der Waals surface area contributed by atoms with E-state index in [9.17, 15) is 0 Å². The summed E-state index contributed by atoms with van der Waals surface area (Å²) in [6, 6.07) is 6.36. The normalized spacial score (nSPS) is 18.3. The molecule has 1 aliphatic heterocycles. The van der Waals surface area contributed by atoms with Crippen molar-refractivity contribution in [3.63, 3.8) is 0 Å². The van der Waals surface area contributed by atoms with E-state index in [1.165, 1.54) is 37.1 Å². The molecule has 1 saturated heterocycles. The molecule has 4 heterocycles. The highest BCUT2D eigenvalue weighted by Crippen LogP contribution is 2.30. The van der Waals surface area contributed by atoms with Gasteiger partial charge in [0, 0.05) is 30.7 Å². The summed E-state index contributed by atoms with van der Waals surface area (Å²) in [4.78, 5) is 12.0. The summed E-state index contributed by atoms with van der Waals surface area (Å²) in [5, 5.41) is 7.81. The monoisotopic (exact) mass is 388 g/mol. The highest BCUT2D eigenvalue weighted by Gasteiger charge is 2.19. The third-order valence-electron chi connectivity index (χ3n) is 6.22. The average molecular weight is 389 g/mol. The maximum absolute atomic E-state index is 4.91. The molecule has 1 fully saturated rings. The molecule has 1 N–H and O–H groups in total. The molecule has 150 valence electrons. The van der Waals surface area contributed by atoms with Gasteiger partial charge in [-0.15, -0.1) is 0 Å². The summed E-state index contributed by atoms with van der Waals surface area (Å²) in [5.74, 6) is 1.49. The lowest BCUT2D eigenvalue weighted by Crippen LogP contribution is -2.33. The quantitative estimate of drug-likeness (QED) is 0.739. The van der Waals surface area contributed by atoms with Crippen molar-refractivity contribution in [3.05, 3.63) is 59.7 Å². The van der Waals surface area contributed by atoms with E-state index in [1.807, 2.05) is 29.2 Å². The second kappa shape index (κ2) is 7.95. The summed E-state index contributed by atoms with van der Waals surface area (Å²) in [6.07, 6.45) is 13.9. The first-order valence-electron chi connectivity index (χ1n) is 10.7. The van der Waals surface area contributed by atoms with Crippen LogP contribution in [0.25, 0.3) is 11.1 Å². The Bertz CT molecular complexity index is 1030. The standard InChI is InChI=1S/C23H28N6/c1-28-11-7-17(8-12-28)15-24-23-25-16-21-20(4-2-3-5-22(21)27-23)18-9-13-29-19(14-18)6-10-26-29/h4,6,9-10,13-14,16-17H,2-3,5,7-8,11-12,15H2,1H3,(H,24,25,27). The molecule has 0 spiro atoms. The number of nitrogens with one attached hydrogen (secondary N) is 1. The molecule has 2 aliphatic rings. The third-order valence-corrected chi connectivity index (χ3v) is 6.22. The molecule has 6 nitrogen and oxygen atoms in total. The van der Waals surface area contributed by atoms with Gasteiger partial charge in [-0.05, 0) is 87.5 Å². The molecule has 5 rings (SSSR count). The minimum absolute atomic E-state index is 0.714. The predicted molar refractivity (Wildman–Crippen MR) is 116 cm³/mol. The lowest BCUT2D eigenvalue weighted by atomic mass is 9.97. The fourth-order valence-electron chi connectivity index (χ4n) is 4.41. The topological polar surface area (TPSA) is 58.3 Å². The lowest BCUT2D eigenvalue weighted by Gasteiger charge is -2.29. The molecule has 0 bridgehead atoms. The molecule has 0 radical (unpaired) electrons. The van der Waals surface area contributed by atoms with Gasteiger partial charge in [-0.3, -0.25) is 0 Å². The molecule has 0 atom stereocenters. The molecule has 29 heavy (non-hydrogen) atoms. The fourth-order valence-corrected chi connectivity index (χ4v) is 4.41. The van der Waals surface area contributed by atoms with Crippen LogP contribution in [0.3, 0.4) is 0 Å². The molecule has 3 aromatic rings. The number of rotatable bonds is 4. The average Bonchev–Trinajstić information content (AvgIpc) is 3.12. The zero-order valence-electron chi connectivity index (χ0n) is 17.0. The van der Waals surface area contributed by atoms with Crippen molar-refractivity contribution in [3.8, 4) is 0 Å². The van der Waals surface area contributed by atoms with Crippen molar-refractivity contribution >= 4 is 17.0 Å². The Labute approximate surface area is 171 Å². The minimum Gasteiger partial charge on any atom is -0.354 e. The van der Waals surface area contributed by atoms with E-state index >= 15 is 0 Å². The van der Waals surface area contributed by atoms with E-state index < -0.39 is 0 Å². The molecule has 0 saturated carbocycles. The maximum Gasteiger partial charge on any atom is 0.222 e. The zero-order valence-corrected chi connectivity index (χ0v) is 17.0. The third kappa shape index (κ3) is 3.90. The summed E-state index contributed by atoms with van der Waals surface area (Å²) in [5.41, 5.74) is 5.87. The number of likely N-dealkylation sites (tertiary alicyclic amines) is 1. The van der Waals surface area contributed by atoms with Gasteiger partial charge in [-0.25, -0.2) is 14.5 Å². The van der Waals surface area contributed by atoms with E-state index in [4.69, 9.17) is 4.98 Å². The first-order chi connectivity index (χ1) is 14.3. The minimum atomic E-state index is 0.714. The molecular formula is C23H28N6. The number of aromatic nitrogens is 4. The predicted octanol–water partition coefficient (Wildman–Crippen LogP) is 3.65. The van der Waals surface area contributed by atoms with Gasteiger partial charge in [0.25, 0.3) is 0 Å². The Morgan fingerprint density at radius 1 is 1.21 bits per heavy atom. The van der Waals surface area contributed by atoms with Crippen LogP contribution in [0, 0.1) is 5.92 Å². The number of aryl methyl sites for hydroxylation is 1. The Morgan fingerprint density at radius 2 is 2.10 bits per heavy atom. The van der Waals surface area contributed by atoms with E-state index in [-0.39, 0.29) is 0 Å². The van der Waals surface area contributed by atoms with Crippen molar-refractivity contribution in [2.75, 3.05) is 32.0 Å². The van der Waals surface area contributed by atoms with Crippen LogP contribution >= 0.6 is 0 Å². The second-order valence-electron chi connectivity index (χ2n) is 8.31. The smallest absolute Gasteiger partial charge is 0.222 e. The number of piperidine rings is 1. The second-order valence-corrected chi connectivity index (χ2v) is 8.31. The van der Waals surface area contributed by atoms with Crippen LogP contribution < -0.4 is 5.32 Å². The van der Waals surface area contributed by atoms with Crippen LogP contribution in [0.1, 0.15) is 42.5 Å². The first kappa shape index (κ1) is 18.3. The number of pyridine rings is 1. The largest absolute Gasteiger partial charge is 0.354 e. The van der Waals surface area contributed by atoms with Gasteiger partial charge in [0.05, 0.1) is 11.2 Å². The number of allylic oxidation sites excluding steroid dienone is 1. The Kier molecular flexibility index (Phi) is 5.02. The molecule has 0 aromatic carbocycles. The summed E-state index contributed by atoms with van der Waals surface area (Å²) < 4.78 is 1.90. The van der Waals surface area contributed by atoms with Crippen LogP contribution in [0.2, 0.25) is 0 Å². The Morgan fingerprint density at radius 3 is 3.00 bits per heavy atom. The van der Waals surface area contributed by atoms with E-state index in [1.54, 1.807) is 0 Å². The fraction of sp³-hybridized carbons (Fsp3) is 0.435. The van der Waals surface area contributed by atoms with Crippen LogP contribution in [-0.2, 0) is 6.42 Å². The summed E-state index contributed by atoms with van der Waals surface area (Å²) in [6.45, 7) is 3.34. The maximum atomic E-state index is 4.91. The summed E-state index contributed by atoms with van der Waals surface area (Å²) >= 11 is 0. The van der Waals surface area contributed by atoms with Gasteiger partial charge in [-0.1, -0.05) is 6.08 Å². The Hall–Kier alpha value is -2.73. The highest BCUT2D eigenvalue weighted by molar-refractivity contribution is 5.82. The number of hydrogen-bond donors (Lipinski definition) is 1. The number of fused-ring (bicyclic) bond motifs is 2. The van der Waals surface area contributed by atoms with Crippen molar-refractivity contribution in [1.29, 1.82) is 0 Å². The number of anilines is 1. The van der Waals surface area contributed by atoms with Crippen molar-refractivity contribution in [1.82, 2.24) is 24.5 Å². The van der Waals surface area contributed by atoms with Crippen molar-refractivity contribution < 1.29 is 0 Å². The van der Waals surface area contributed by atoms with E-state index in [0.29, 0.717) is 5.92 Å². The van der Waals surface area contributed by atoms with Gasteiger partial charge in [0.15, 0.2) is 0 Å². The van der Waals surface area contributed by atoms with E-state index in [2.05, 4.69) is 45.6 Å². The molecule has 0 unspecified atom stereocenters. The van der Waals surface area contributed by atoms with Crippen LogP contribution in [-0.4, -0.2) is 51.2 Å². The molecular weight excluding hydrogens is 360 g/mol. The SMILES string of the molecule is CN1CCC(CNc2ncc3c(n2)CCCC=C3c2ccn3nccc3c2)CC1. The van der Waals surface area contributed by atoms with Gasteiger partial charge < -0.3 is 10.2 Å². The van der Waals surface area contributed by atoms with Crippen LogP contribution in [0.4, 0.5) is 5.95 Å². The van der Waals surface area contributed by atoms with Crippen LogP contribution in [0.5, 0.6) is 0 Å². The van der Waals surface area contributed by atoms with Gasteiger partial charge in [0.1, 0.15) is 0 Å². The Balaban J connectivity index is 1.37. The van der Waals surface area contributed by atoms with Gasteiger partial charge >= 0.3 is 0 Å².